The highest BCUT2D eigenvalue weighted by Gasteiger charge is 2.33. The second kappa shape index (κ2) is 5.50. The largest absolute Gasteiger partial charge is 0.493 e. The lowest BCUT2D eigenvalue weighted by molar-refractivity contribution is 0.139. The zero-order chi connectivity index (χ0) is 14.1. The summed E-state index contributed by atoms with van der Waals surface area (Å²) in [6, 6.07) is 8.28. The maximum absolute atomic E-state index is 10.8. The van der Waals surface area contributed by atoms with E-state index in [1.807, 2.05) is 23.7 Å². The van der Waals surface area contributed by atoms with Gasteiger partial charge in [0.15, 0.2) is 5.75 Å². The van der Waals surface area contributed by atoms with Crippen molar-refractivity contribution in [2.45, 2.75) is 30.4 Å². The van der Waals surface area contributed by atoms with Gasteiger partial charge in [0.2, 0.25) is 0 Å². The molecule has 0 aliphatic carbocycles. The predicted octanol–water partition coefficient (Wildman–Crippen LogP) is 2.83. The number of fused-ring (bicyclic) bond motifs is 1. The van der Waals surface area contributed by atoms with Gasteiger partial charge in [-0.05, 0) is 18.6 Å². The summed E-state index contributed by atoms with van der Waals surface area (Å²) in [6.07, 6.45) is 1.08. The molecule has 0 saturated carbocycles. The third-order valence-electron chi connectivity index (χ3n) is 3.76. The maximum atomic E-state index is 10.8. The van der Waals surface area contributed by atoms with Crippen LogP contribution in [0.4, 0.5) is 0 Å². The van der Waals surface area contributed by atoms with E-state index in [1.165, 1.54) is 10.5 Å². The number of aryl methyl sites for hydroxylation is 1. The fourth-order valence-corrected chi connectivity index (χ4v) is 4.01. The van der Waals surface area contributed by atoms with Gasteiger partial charge in [-0.3, -0.25) is 4.68 Å². The van der Waals surface area contributed by atoms with Crippen molar-refractivity contribution in [2.75, 3.05) is 12.9 Å². The molecule has 0 saturated heterocycles. The van der Waals surface area contributed by atoms with Crippen molar-refractivity contribution in [3.8, 4) is 5.75 Å². The van der Waals surface area contributed by atoms with Gasteiger partial charge in [-0.15, -0.1) is 11.8 Å². The first kappa shape index (κ1) is 13.5. The predicted molar refractivity (Wildman–Crippen MR) is 79.3 cm³/mol. The molecular formula is C15H18N2O2S. The highest BCUT2D eigenvalue weighted by atomic mass is 32.2. The lowest BCUT2D eigenvalue weighted by atomic mass is 9.93. The van der Waals surface area contributed by atoms with E-state index in [2.05, 4.69) is 17.2 Å². The van der Waals surface area contributed by atoms with Crippen molar-refractivity contribution in [2.24, 2.45) is 0 Å². The third-order valence-corrected chi connectivity index (χ3v) is 4.97. The summed E-state index contributed by atoms with van der Waals surface area (Å²) >= 11 is 1.80. The van der Waals surface area contributed by atoms with E-state index in [1.54, 1.807) is 25.1 Å². The molecule has 3 rings (SSSR count). The van der Waals surface area contributed by atoms with Gasteiger partial charge in [0.1, 0.15) is 11.8 Å². The Kier molecular flexibility index (Phi) is 3.72. The van der Waals surface area contributed by atoms with Crippen molar-refractivity contribution < 1.29 is 9.84 Å². The molecule has 0 spiro atoms. The number of hydrogen-bond donors (Lipinski definition) is 1. The van der Waals surface area contributed by atoms with Crippen LogP contribution in [-0.4, -0.2) is 27.7 Å². The normalized spacial score (nSPS) is 18.9. The summed E-state index contributed by atoms with van der Waals surface area (Å²) < 4.78 is 7.16. The lowest BCUT2D eigenvalue weighted by Gasteiger charge is -2.20. The second-order valence-corrected chi connectivity index (χ2v) is 5.88. The van der Waals surface area contributed by atoms with Gasteiger partial charge in [0, 0.05) is 23.1 Å². The van der Waals surface area contributed by atoms with Crippen LogP contribution in [0.3, 0.4) is 0 Å². The van der Waals surface area contributed by atoms with E-state index < -0.39 is 6.10 Å². The minimum Gasteiger partial charge on any atom is -0.493 e. The number of nitrogens with zero attached hydrogens (tertiary/aromatic N) is 2. The molecule has 0 radical (unpaired) electrons. The summed E-state index contributed by atoms with van der Waals surface area (Å²) in [5, 5.41) is 15.1. The molecule has 2 aromatic rings. The Labute approximate surface area is 122 Å². The van der Waals surface area contributed by atoms with Crippen LogP contribution >= 0.6 is 11.8 Å². The van der Waals surface area contributed by atoms with Gasteiger partial charge in [0.25, 0.3) is 0 Å². The number of aliphatic hydroxyl groups is 1. The number of hydrogen-bond acceptors (Lipinski definition) is 4. The molecule has 2 unspecified atom stereocenters. The third kappa shape index (κ3) is 2.11. The van der Waals surface area contributed by atoms with Gasteiger partial charge in [-0.25, -0.2) is 0 Å². The number of rotatable bonds is 4. The summed E-state index contributed by atoms with van der Waals surface area (Å²) in [5.41, 5.74) is 1.99. The van der Waals surface area contributed by atoms with Gasteiger partial charge >= 0.3 is 0 Å². The SMILES string of the molecule is CCn1ncc(OC)c1C(O)C1CSc2ccccc21. The Hall–Kier alpha value is -1.46. The van der Waals surface area contributed by atoms with E-state index in [4.69, 9.17) is 4.74 Å². The number of ether oxygens (including phenoxy) is 1. The van der Waals surface area contributed by atoms with E-state index in [0.29, 0.717) is 5.75 Å². The lowest BCUT2D eigenvalue weighted by Crippen LogP contribution is -2.16. The van der Waals surface area contributed by atoms with Crippen LogP contribution in [0.2, 0.25) is 0 Å². The summed E-state index contributed by atoms with van der Waals surface area (Å²) in [7, 11) is 1.62. The van der Waals surface area contributed by atoms with Crippen LogP contribution in [0.1, 0.15) is 30.2 Å². The van der Waals surface area contributed by atoms with Gasteiger partial charge in [0.05, 0.1) is 13.3 Å². The fraction of sp³-hybridized carbons (Fsp3) is 0.400. The van der Waals surface area contributed by atoms with Crippen LogP contribution in [0, 0.1) is 0 Å². The number of methoxy groups -OCH3 is 1. The topological polar surface area (TPSA) is 47.3 Å². The molecule has 0 amide bonds. The highest BCUT2D eigenvalue weighted by molar-refractivity contribution is 7.99. The molecule has 2 heterocycles. The van der Waals surface area contributed by atoms with Crippen molar-refractivity contribution in [1.82, 2.24) is 9.78 Å². The Morgan fingerprint density at radius 3 is 3.05 bits per heavy atom. The van der Waals surface area contributed by atoms with Crippen LogP contribution in [0.15, 0.2) is 35.4 Å². The molecule has 1 aromatic heterocycles. The van der Waals surface area contributed by atoms with Crippen molar-refractivity contribution in [3.05, 3.63) is 41.7 Å². The summed E-state index contributed by atoms with van der Waals surface area (Å²) in [6.45, 7) is 2.73. The Balaban J connectivity index is 1.98. The molecule has 4 nitrogen and oxygen atoms in total. The van der Waals surface area contributed by atoms with E-state index in [9.17, 15) is 5.11 Å². The van der Waals surface area contributed by atoms with E-state index >= 15 is 0 Å². The quantitative estimate of drug-likeness (QED) is 0.940. The number of aromatic nitrogens is 2. The molecule has 0 fully saturated rings. The Morgan fingerprint density at radius 2 is 2.30 bits per heavy atom. The first-order valence-corrected chi connectivity index (χ1v) is 7.74. The fourth-order valence-electron chi connectivity index (χ4n) is 2.72. The zero-order valence-electron chi connectivity index (χ0n) is 11.6. The van der Waals surface area contributed by atoms with Crippen molar-refractivity contribution in [1.29, 1.82) is 0 Å². The highest BCUT2D eigenvalue weighted by Crippen LogP contribution is 2.46. The van der Waals surface area contributed by atoms with Gasteiger partial charge < -0.3 is 9.84 Å². The molecule has 106 valence electrons. The molecule has 1 aliphatic heterocycles. The number of benzene rings is 1. The molecule has 1 aromatic carbocycles. The molecule has 20 heavy (non-hydrogen) atoms. The van der Waals surface area contributed by atoms with Crippen LogP contribution in [0.25, 0.3) is 0 Å². The smallest absolute Gasteiger partial charge is 0.162 e. The molecule has 1 aliphatic rings. The van der Waals surface area contributed by atoms with E-state index in [-0.39, 0.29) is 5.92 Å². The number of thioether (sulfide) groups is 1. The summed E-state index contributed by atoms with van der Waals surface area (Å²) in [5.74, 6) is 1.64. The Bertz CT molecular complexity index is 590. The van der Waals surface area contributed by atoms with E-state index in [0.717, 1.165) is 18.0 Å². The minimum atomic E-state index is -0.594. The molecular weight excluding hydrogens is 272 g/mol. The molecule has 2 atom stereocenters. The standard InChI is InChI=1S/C15H18N2O2S/c1-3-17-14(12(19-2)8-16-17)15(18)11-9-20-13-7-5-4-6-10(11)13/h4-8,11,15,18H,3,9H2,1-2H3. The second-order valence-electron chi connectivity index (χ2n) is 4.81. The molecule has 1 N–H and O–H groups in total. The van der Waals surface area contributed by atoms with Crippen LogP contribution in [0.5, 0.6) is 5.75 Å². The maximum Gasteiger partial charge on any atom is 0.162 e. The average Bonchev–Trinajstić information content (AvgIpc) is 3.10. The van der Waals surface area contributed by atoms with Gasteiger partial charge in [-0.2, -0.15) is 5.10 Å². The molecule has 0 bridgehead atoms. The zero-order valence-corrected chi connectivity index (χ0v) is 12.4. The first-order valence-electron chi connectivity index (χ1n) is 6.75. The summed E-state index contributed by atoms with van der Waals surface area (Å²) in [4.78, 5) is 1.26. The monoisotopic (exact) mass is 290 g/mol. The minimum absolute atomic E-state index is 0.0899. The average molecular weight is 290 g/mol. The number of aliphatic hydroxyl groups excluding tert-OH is 1. The van der Waals surface area contributed by atoms with Gasteiger partial charge in [-0.1, -0.05) is 18.2 Å². The Morgan fingerprint density at radius 1 is 1.50 bits per heavy atom. The molecule has 5 heteroatoms. The van der Waals surface area contributed by atoms with Crippen LogP contribution < -0.4 is 4.74 Å². The van der Waals surface area contributed by atoms with Crippen LogP contribution in [-0.2, 0) is 6.54 Å². The van der Waals surface area contributed by atoms with Crippen molar-refractivity contribution in [3.63, 3.8) is 0 Å². The van der Waals surface area contributed by atoms with Crippen molar-refractivity contribution >= 4 is 11.8 Å². The first-order chi connectivity index (χ1) is 9.76.